The normalized spacial score (nSPS) is 17.7. The molecule has 0 bridgehead atoms. The number of hydrogen-bond acceptors (Lipinski definition) is 11. The number of piperazine rings is 1. The summed E-state index contributed by atoms with van der Waals surface area (Å²) in [5.41, 5.74) is 6.82. The molecule has 15 heteroatoms. The molecular weight excluding hydrogens is 610 g/mol. The number of piperidine rings is 1. The first kappa shape index (κ1) is 32.2. The Morgan fingerprint density at radius 3 is 2.15 bits per heavy atom. The van der Waals surface area contributed by atoms with Crippen LogP contribution in [0.25, 0.3) is 11.4 Å². The zero-order valence-electron chi connectivity index (χ0n) is 26.1. The van der Waals surface area contributed by atoms with Crippen LogP contribution in [0.5, 0.6) is 0 Å². The predicted molar refractivity (Wildman–Crippen MR) is 171 cm³/mol. The largest absolute Gasteiger partial charge is 0.378 e. The van der Waals surface area contributed by atoms with Crippen LogP contribution >= 0.6 is 0 Å². The molecule has 2 aromatic heterocycles. The van der Waals surface area contributed by atoms with E-state index in [2.05, 4.69) is 26.5 Å². The lowest BCUT2D eigenvalue weighted by atomic mass is 9.90. The molecule has 1 aromatic carbocycles. The highest BCUT2D eigenvalue weighted by Gasteiger charge is 2.28. The van der Waals surface area contributed by atoms with Gasteiger partial charge in [-0.1, -0.05) is 18.7 Å². The topological polar surface area (TPSA) is 147 Å². The Labute approximate surface area is 271 Å². The molecule has 0 aliphatic carbocycles. The fraction of sp³-hybridized carbons (Fsp3) is 0.469. The van der Waals surface area contributed by atoms with Crippen LogP contribution in [0.15, 0.2) is 43.1 Å². The number of carbonyl (C=O) groups is 2. The van der Waals surface area contributed by atoms with Gasteiger partial charge in [-0.2, -0.15) is 15.0 Å². The van der Waals surface area contributed by atoms with Gasteiger partial charge in [0.25, 0.3) is 12.3 Å². The van der Waals surface area contributed by atoms with E-state index in [1.807, 2.05) is 39.0 Å². The van der Waals surface area contributed by atoms with Crippen molar-refractivity contribution in [3.8, 4) is 11.4 Å². The van der Waals surface area contributed by atoms with Gasteiger partial charge in [0.05, 0.1) is 18.8 Å². The number of alkyl halides is 2. The van der Waals surface area contributed by atoms with Gasteiger partial charge in [-0.25, -0.2) is 18.7 Å². The van der Waals surface area contributed by atoms with Crippen LogP contribution in [0.2, 0.25) is 0 Å². The number of nitrogens with two attached hydrogens (primary N) is 1. The second-order valence-corrected chi connectivity index (χ2v) is 11.8. The molecule has 13 nitrogen and oxygen atoms in total. The van der Waals surface area contributed by atoms with Crippen LogP contribution in [-0.2, 0) is 16.0 Å². The standard InChI is InChI=1S/C32H38F2N10O3/c1-2-25(45)41-9-7-22(8-10-41)19-21-3-5-23(6-4-21)29(46)42-11-13-43(14-12-42)31-38-28(24-20-36-30(35)37-26(24)27(33)34)39-32(40-31)44-15-17-47-18-16-44/h2-6,20,22,27H,1,7-19H2,(H2,35,36,37). The van der Waals surface area contributed by atoms with E-state index in [0.717, 1.165) is 32.4 Å². The number of amides is 2. The Hall–Kier alpha value is -4.79. The molecule has 3 aliphatic heterocycles. The van der Waals surface area contributed by atoms with E-state index in [-0.39, 0.29) is 29.2 Å². The van der Waals surface area contributed by atoms with Gasteiger partial charge in [0.15, 0.2) is 5.82 Å². The molecule has 3 fully saturated rings. The molecular formula is C32H38F2N10O3. The number of likely N-dealkylation sites (tertiary alicyclic amines) is 1. The average Bonchev–Trinajstić information content (AvgIpc) is 3.12. The van der Waals surface area contributed by atoms with Crippen molar-refractivity contribution in [3.05, 3.63) is 59.9 Å². The Balaban J connectivity index is 1.12. The molecule has 0 atom stereocenters. The number of ether oxygens (including phenoxy) is 1. The first-order chi connectivity index (χ1) is 22.8. The summed E-state index contributed by atoms with van der Waals surface area (Å²) in [6, 6.07) is 7.78. The van der Waals surface area contributed by atoms with Gasteiger partial charge in [0.2, 0.25) is 23.8 Å². The van der Waals surface area contributed by atoms with E-state index in [1.54, 1.807) is 4.90 Å². The maximum atomic E-state index is 13.9. The van der Waals surface area contributed by atoms with Crippen molar-refractivity contribution in [2.75, 3.05) is 81.1 Å². The number of morpholine rings is 1. The molecule has 0 unspecified atom stereocenters. The number of nitrogens with zero attached hydrogens (tertiary/aromatic N) is 9. The predicted octanol–water partition coefficient (Wildman–Crippen LogP) is 2.61. The maximum absolute atomic E-state index is 13.9. The maximum Gasteiger partial charge on any atom is 0.281 e. The van der Waals surface area contributed by atoms with E-state index in [1.165, 1.54) is 17.8 Å². The summed E-state index contributed by atoms with van der Waals surface area (Å²) in [4.78, 5) is 54.2. The molecule has 2 amide bonds. The van der Waals surface area contributed by atoms with Gasteiger partial charge in [-0.3, -0.25) is 9.59 Å². The molecule has 248 valence electrons. The first-order valence-electron chi connectivity index (χ1n) is 15.8. The van der Waals surface area contributed by atoms with E-state index in [0.29, 0.717) is 75.9 Å². The van der Waals surface area contributed by atoms with Gasteiger partial charge in [0, 0.05) is 64.1 Å². The number of benzene rings is 1. The van der Waals surface area contributed by atoms with Crippen LogP contribution in [0.1, 0.15) is 40.9 Å². The minimum atomic E-state index is -2.90. The summed E-state index contributed by atoms with van der Waals surface area (Å²) < 4.78 is 33.3. The zero-order chi connectivity index (χ0) is 32.9. The van der Waals surface area contributed by atoms with E-state index in [4.69, 9.17) is 15.5 Å². The lowest BCUT2D eigenvalue weighted by Crippen LogP contribution is -2.49. The van der Waals surface area contributed by atoms with E-state index < -0.39 is 12.1 Å². The number of anilines is 3. The smallest absolute Gasteiger partial charge is 0.281 e. The molecule has 47 heavy (non-hydrogen) atoms. The van der Waals surface area contributed by atoms with Gasteiger partial charge >= 0.3 is 0 Å². The van der Waals surface area contributed by atoms with Crippen molar-refractivity contribution in [3.63, 3.8) is 0 Å². The van der Waals surface area contributed by atoms with Gasteiger partial charge in [-0.05, 0) is 49.0 Å². The molecule has 0 saturated carbocycles. The van der Waals surface area contributed by atoms with Crippen LogP contribution in [0.4, 0.5) is 26.6 Å². The van der Waals surface area contributed by atoms with Gasteiger partial charge in [-0.15, -0.1) is 0 Å². The lowest BCUT2D eigenvalue weighted by molar-refractivity contribution is -0.127. The minimum absolute atomic E-state index is 0.0142. The van der Waals surface area contributed by atoms with E-state index >= 15 is 0 Å². The quantitative estimate of drug-likeness (QED) is 0.360. The Bertz CT molecular complexity index is 1590. The van der Waals surface area contributed by atoms with E-state index in [9.17, 15) is 18.4 Å². The molecule has 2 N–H and O–H groups in total. The highest BCUT2D eigenvalue weighted by Crippen LogP contribution is 2.30. The number of halogens is 2. The molecule has 3 aliphatic rings. The third kappa shape index (κ3) is 7.45. The molecule has 6 rings (SSSR count). The SMILES string of the molecule is C=CC(=O)N1CCC(Cc2ccc(C(=O)N3CCN(c4nc(-c5cnc(N)nc5C(F)F)nc(N5CCOCC5)n4)CC3)cc2)CC1. The fourth-order valence-corrected chi connectivity index (χ4v) is 6.16. The van der Waals surface area contributed by atoms with Crippen LogP contribution in [0.3, 0.4) is 0 Å². The molecule has 3 saturated heterocycles. The highest BCUT2D eigenvalue weighted by atomic mass is 19.3. The molecule has 0 spiro atoms. The van der Waals surface area contributed by atoms with Gasteiger partial charge in [0.1, 0.15) is 5.69 Å². The Morgan fingerprint density at radius 2 is 1.53 bits per heavy atom. The van der Waals surface area contributed by atoms with Gasteiger partial charge < -0.3 is 30.1 Å². The number of nitrogen functional groups attached to an aromatic ring is 1. The second-order valence-electron chi connectivity index (χ2n) is 11.8. The summed E-state index contributed by atoms with van der Waals surface area (Å²) in [5, 5.41) is 0. The Kier molecular flexibility index (Phi) is 9.80. The summed E-state index contributed by atoms with van der Waals surface area (Å²) >= 11 is 0. The van der Waals surface area contributed by atoms with Crippen LogP contribution in [0, 0.1) is 5.92 Å². The minimum Gasteiger partial charge on any atom is -0.378 e. The monoisotopic (exact) mass is 648 g/mol. The van der Waals surface area contributed by atoms with Crippen molar-refractivity contribution in [2.45, 2.75) is 25.7 Å². The molecule has 3 aromatic rings. The number of rotatable bonds is 8. The summed E-state index contributed by atoms with van der Waals surface area (Å²) in [7, 11) is 0. The highest BCUT2D eigenvalue weighted by molar-refractivity contribution is 5.94. The molecule has 0 radical (unpaired) electrons. The molecule has 5 heterocycles. The average molecular weight is 649 g/mol. The summed E-state index contributed by atoms with van der Waals surface area (Å²) in [5.74, 6) is 0.859. The summed E-state index contributed by atoms with van der Waals surface area (Å²) in [6.07, 6.45) is 2.48. The number of carbonyl (C=O) groups excluding carboxylic acids is 2. The number of hydrogen-bond donors (Lipinski definition) is 1. The third-order valence-corrected chi connectivity index (χ3v) is 8.87. The van der Waals surface area contributed by atoms with Crippen molar-refractivity contribution in [1.82, 2.24) is 34.7 Å². The second kappa shape index (κ2) is 14.3. The van der Waals surface area contributed by atoms with Crippen LogP contribution < -0.4 is 15.5 Å². The van der Waals surface area contributed by atoms with Crippen molar-refractivity contribution < 1.29 is 23.1 Å². The zero-order valence-corrected chi connectivity index (χ0v) is 26.1. The van der Waals surface area contributed by atoms with Crippen molar-refractivity contribution >= 4 is 29.7 Å². The van der Waals surface area contributed by atoms with Crippen LogP contribution in [-0.4, -0.2) is 112 Å². The fourth-order valence-electron chi connectivity index (χ4n) is 6.16. The Morgan fingerprint density at radius 1 is 0.894 bits per heavy atom. The first-order valence-corrected chi connectivity index (χ1v) is 15.8. The number of aromatic nitrogens is 5. The summed E-state index contributed by atoms with van der Waals surface area (Å²) in [6.45, 7) is 8.88. The van der Waals surface area contributed by atoms with Crippen molar-refractivity contribution in [2.24, 2.45) is 5.92 Å². The lowest BCUT2D eigenvalue weighted by Gasteiger charge is -2.35. The van der Waals surface area contributed by atoms with Crippen molar-refractivity contribution in [1.29, 1.82) is 0 Å². The third-order valence-electron chi connectivity index (χ3n) is 8.87.